The number of allylic oxidation sites excluding steroid dienone is 2. The molecule has 12 nitrogen and oxygen atoms in total. The topological polar surface area (TPSA) is 169 Å². The number of amides is 6. The average molecular weight is 706 g/mol. The Bertz CT molecular complexity index is 1980. The van der Waals surface area contributed by atoms with Gasteiger partial charge >= 0.3 is 6.03 Å². The van der Waals surface area contributed by atoms with Crippen molar-refractivity contribution in [3.8, 4) is 17.2 Å². The van der Waals surface area contributed by atoms with Gasteiger partial charge in [-0.2, -0.15) is 9.91 Å². The summed E-state index contributed by atoms with van der Waals surface area (Å²) in [5.74, 6) is -6.69. The van der Waals surface area contributed by atoms with Crippen LogP contribution in [0, 0.1) is 23.7 Å². The molecule has 2 saturated heterocycles. The summed E-state index contributed by atoms with van der Waals surface area (Å²) in [6, 6.07) is 14.9. The number of imide groups is 4. The summed E-state index contributed by atoms with van der Waals surface area (Å²) in [6.07, 6.45) is 1.93. The molecule has 0 bridgehead atoms. The van der Waals surface area contributed by atoms with Gasteiger partial charge in [-0.3, -0.25) is 24.6 Å². The maximum absolute atomic E-state index is 15.2. The fourth-order valence-electron chi connectivity index (χ4n) is 8.31. The van der Waals surface area contributed by atoms with E-state index in [9.17, 15) is 24.3 Å². The van der Waals surface area contributed by atoms with Crippen LogP contribution in [0.1, 0.15) is 29.9 Å². The van der Waals surface area contributed by atoms with Gasteiger partial charge in [0.1, 0.15) is 5.75 Å². The van der Waals surface area contributed by atoms with Crippen molar-refractivity contribution in [2.24, 2.45) is 29.4 Å². The van der Waals surface area contributed by atoms with E-state index in [-0.39, 0.29) is 35.1 Å². The summed E-state index contributed by atoms with van der Waals surface area (Å²) in [5, 5.41) is 12.0. The number of hydrogen-bond acceptors (Lipinski definition) is 9. The number of aromatic hydroxyl groups is 1. The number of carbonyl (C=O) groups excluding carboxylic acids is 5. The molecule has 2 aliphatic heterocycles. The Balaban J connectivity index is 1.48. The summed E-state index contributed by atoms with van der Waals surface area (Å²) in [4.78, 5) is 69.7. The van der Waals surface area contributed by atoms with Crippen LogP contribution in [-0.2, 0) is 24.6 Å². The second-order valence-electron chi connectivity index (χ2n) is 12.5. The zero-order chi connectivity index (χ0) is 34.9. The normalized spacial score (nSPS) is 27.3. The standard InChI is InChI=1S/C35H30Cl2N4O8/c1-48-19-7-4-17(5-8-19)35-23(31(44)41(33(35)46)39-25-11-6-18(36)14-24(25)37)15-22-20(29(35)16-3-12-26(42)27(13-16)49-2)9-10-21-28(22)32(45)40(30(21)43)34(38)47/h3-9,11-14,21-23,28-29,39,42H,10,15H2,1-2H3,(H2,38,47)/t21-,22+,23-,28-,29-,35+/m0/s1. The molecule has 1 saturated carbocycles. The first-order chi connectivity index (χ1) is 23.4. The van der Waals surface area contributed by atoms with Gasteiger partial charge in [0.15, 0.2) is 11.5 Å². The number of anilines is 1. The molecule has 3 fully saturated rings. The Morgan fingerprint density at radius 3 is 2.33 bits per heavy atom. The van der Waals surface area contributed by atoms with Crippen LogP contribution in [0.2, 0.25) is 10.0 Å². The van der Waals surface area contributed by atoms with Crippen molar-refractivity contribution in [2.75, 3.05) is 19.6 Å². The summed E-state index contributed by atoms with van der Waals surface area (Å²) in [6.45, 7) is 0. The minimum atomic E-state index is -1.61. The molecule has 0 radical (unpaired) electrons. The summed E-state index contributed by atoms with van der Waals surface area (Å²) >= 11 is 12.6. The molecule has 3 aromatic rings. The fourth-order valence-corrected chi connectivity index (χ4v) is 8.76. The predicted molar refractivity (Wildman–Crippen MR) is 177 cm³/mol. The summed E-state index contributed by atoms with van der Waals surface area (Å²) < 4.78 is 10.9. The van der Waals surface area contributed by atoms with Gasteiger partial charge < -0.3 is 20.3 Å². The number of halogens is 2. The van der Waals surface area contributed by atoms with Gasteiger partial charge in [-0.15, -0.1) is 0 Å². The molecule has 3 aromatic carbocycles. The van der Waals surface area contributed by atoms with Crippen LogP contribution in [0.25, 0.3) is 0 Å². The smallest absolute Gasteiger partial charge is 0.328 e. The maximum atomic E-state index is 15.2. The highest BCUT2D eigenvalue weighted by molar-refractivity contribution is 6.36. The number of carbonyl (C=O) groups is 5. The minimum absolute atomic E-state index is 0.00648. The monoisotopic (exact) mass is 704 g/mol. The zero-order valence-electron chi connectivity index (χ0n) is 26.2. The highest BCUT2D eigenvalue weighted by atomic mass is 35.5. The number of rotatable bonds is 6. The molecule has 2 heterocycles. The van der Waals surface area contributed by atoms with Crippen LogP contribution in [0.4, 0.5) is 10.5 Å². The Morgan fingerprint density at radius 1 is 0.939 bits per heavy atom. The molecule has 0 aromatic heterocycles. The number of likely N-dealkylation sites (tertiary alicyclic amines) is 1. The van der Waals surface area contributed by atoms with Crippen LogP contribution in [0.5, 0.6) is 17.2 Å². The number of ether oxygens (including phenoxy) is 2. The van der Waals surface area contributed by atoms with Crippen molar-refractivity contribution in [2.45, 2.75) is 24.2 Å². The van der Waals surface area contributed by atoms with E-state index in [4.69, 9.17) is 38.4 Å². The number of nitrogens with one attached hydrogen (secondary N) is 1. The van der Waals surface area contributed by atoms with Crippen molar-refractivity contribution in [3.63, 3.8) is 0 Å². The molecule has 2 aliphatic carbocycles. The van der Waals surface area contributed by atoms with Gasteiger partial charge in [-0.1, -0.05) is 53.1 Å². The van der Waals surface area contributed by atoms with Crippen LogP contribution in [0.3, 0.4) is 0 Å². The van der Waals surface area contributed by atoms with Crippen LogP contribution in [0.15, 0.2) is 72.3 Å². The molecular weight excluding hydrogens is 675 g/mol. The second-order valence-corrected chi connectivity index (χ2v) is 13.3. The number of hydrogen-bond donors (Lipinski definition) is 3. The lowest BCUT2D eigenvalue weighted by atomic mass is 9.49. The quantitative estimate of drug-likeness (QED) is 0.242. The minimum Gasteiger partial charge on any atom is -0.504 e. The lowest BCUT2D eigenvalue weighted by Gasteiger charge is -2.50. The van der Waals surface area contributed by atoms with Gasteiger partial charge in [0.05, 0.1) is 48.1 Å². The SMILES string of the molecule is COc1ccc([C@@]23C(=O)N(Nc4ccc(Cl)cc4Cl)C(=O)[C@@H]2C[C@@H]2C(=CC[C@@H]4C(=O)N(C(N)=O)C(=O)[C@@H]42)[C@@H]3c2ccc(O)c(OC)c2)cc1. The first-order valence-corrected chi connectivity index (χ1v) is 16.2. The predicted octanol–water partition coefficient (Wildman–Crippen LogP) is 4.78. The van der Waals surface area contributed by atoms with Crippen molar-refractivity contribution in [1.82, 2.24) is 9.91 Å². The van der Waals surface area contributed by atoms with Gasteiger partial charge in [0, 0.05) is 10.9 Å². The highest BCUT2D eigenvalue weighted by Crippen LogP contribution is 2.64. The molecule has 0 unspecified atom stereocenters. The van der Waals surface area contributed by atoms with Crippen LogP contribution < -0.4 is 20.6 Å². The summed E-state index contributed by atoms with van der Waals surface area (Å²) in [7, 11) is 2.90. The number of nitrogens with two attached hydrogens (primary N) is 1. The van der Waals surface area contributed by atoms with E-state index >= 15 is 4.79 Å². The number of phenols is 1. The molecule has 4 N–H and O–H groups in total. The molecule has 6 atom stereocenters. The molecule has 49 heavy (non-hydrogen) atoms. The van der Waals surface area contributed by atoms with Crippen LogP contribution in [-0.4, -0.2) is 58.9 Å². The number of hydrazine groups is 1. The van der Waals surface area contributed by atoms with Gasteiger partial charge in [-0.05, 0) is 72.4 Å². The lowest BCUT2D eigenvalue weighted by Crippen LogP contribution is -2.53. The number of phenolic OH excluding ortho intramolecular Hbond substituents is 1. The third-order valence-corrected chi connectivity index (χ3v) is 10.9. The van der Waals surface area contributed by atoms with E-state index in [0.29, 0.717) is 32.4 Å². The molecule has 252 valence electrons. The number of methoxy groups -OCH3 is 2. The van der Waals surface area contributed by atoms with Gasteiger partial charge in [-0.25, -0.2) is 4.79 Å². The third-order valence-electron chi connectivity index (χ3n) is 10.3. The number of nitrogens with zero attached hydrogens (tertiary/aromatic N) is 2. The first kappa shape index (κ1) is 32.5. The maximum Gasteiger partial charge on any atom is 0.328 e. The molecule has 6 amide bonds. The summed E-state index contributed by atoms with van der Waals surface area (Å²) in [5.41, 5.74) is 8.69. The fraction of sp³-hybridized carbons (Fsp3) is 0.286. The Labute approximate surface area is 290 Å². The molecule has 14 heteroatoms. The third kappa shape index (κ3) is 4.68. The van der Waals surface area contributed by atoms with Crippen molar-refractivity contribution in [3.05, 3.63) is 93.5 Å². The number of benzene rings is 3. The van der Waals surface area contributed by atoms with E-state index in [1.807, 2.05) is 6.08 Å². The number of fused-ring (bicyclic) bond motifs is 4. The second kappa shape index (κ2) is 11.8. The average Bonchev–Trinajstić information content (AvgIpc) is 3.47. The van der Waals surface area contributed by atoms with E-state index in [2.05, 4.69) is 5.43 Å². The van der Waals surface area contributed by atoms with E-state index < -0.39 is 64.7 Å². The van der Waals surface area contributed by atoms with Crippen molar-refractivity contribution >= 4 is 58.5 Å². The van der Waals surface area contributed by atoms with E-state index in [1.165, 1.54) is 26.4 Å². The van der Waals surface area contributed by atoms with Crippen molar-refractivity contribution < 1.29 is 38.6 Å². The first-order valence-electron chi connectivity index (χ1n) is 15.4. The lowest BCUT2D eigenvalue weighted by molar-refractivity contribution is -0.139. The van der Waals surface area contributed by atoms with Crippen LogP contribution >= 0.6 is 23.2 Å². The molecule has 0 spiro atoms. The highest BCUT2D eigenvalue weighted by Gasteiger charge is 2.70. The Morgan fingerprint density at radius 2 is 1.67 bits per heavy atom. The van der Waals surface area contributed by atoms with Gasteiger partial charge in [0.2, 0.25) is 11.8 Å². The number of urea groups is 1. The Hall–Kier alpha value is -5.07. The van der Waals surface area contributed by atoms with Crippen molar-refractivity contribution in [1.29, 1.82) is 0 Å². The Kier molecular flexibility index (Phi) is 7.83. The number of primary amides is 1. The van der Waals surface area contributed by atoms with E-state index in [1.54, 1.807) is 48.5 Å². The largest absolute Gasteiger partial charge is 0.504 e. The molecule has 7 rings (SSSR count). The van der Waals surface area contributed by atoms with Gasteiger partial charge in [0.25, 0.3) is 11.8 Å². The molecule has 4 aliphatic rings. The van der Waals surface area contributed by atoms with E-state index in [0.717, 1.165) is 5.01 Å². The zero-order valence-corrected chi connectivity index (χ0v) is 27.7. The molecular formula is C35H30Cl2N4O8.